The summed E-state index contributed by atoms with van der Waals surface area (Å²) >= 11 is 5.89. The molecule has 0 aliphatic carbocycles. The molecule has 0 saturated carbocycles. The van der Waals surface area contributed by atoms with E-state index in [4.69, 9.17) is 11.6 Å². The third-order valence-corrected chi connectivity index (χ3v) is 3.33. The van der Waals surface area contributed by atoms with Gasteiger partial charge in [0.2, 0.25) is 5.91 Å². The predicted molar refractivity (Wildman–Crippen MR) is 62.3 cm³/mol. The van der Waals surface area contributed by atoms with Gasteiger partial charge in [0.1, 0.15) is 0 Å². The van der Waals surface area contributed by atoms with Crippen molar-refractivity contribution in [2.45, 2.75) is 24.6 Å². The fourth-order valence-electron chi connectivity index (χ4n) is 2.23. The molecule has 2 aliphatic heterocycles. The Bertz CT molecular complexity index is 538. The minimum atomic E-state index is -3.65. The Hall–Kier alpha value is -1.56. The highest BCUT2D eigenvalue weighted by Gasteiger charge is 2.44. The SMILES string of the molecule is O=C1CC(Cl)CN1Cc1cccc2c1OC(F)(F)O2. The molecular formula is C12H10ClF2NO3. The largest absolute Gasteiger partial charge is 0.586 e. The van der Waals surface area contributed by atoms with Gasteiger partial charge < -0.3 is 14.4 Å². The van der Waals surface area contributed by atoms with Crippen molar-refractivity contribution in [1.82, 2.24) is 4.90 Å². The number of carbonyl (C=O) groups is 1. The normalized spacial score (nSPS) is 24.1. The van der Waals surface area contributed by atoms with Crippen LogP contribution in [0.1, 0.15) is 12.0 Å². The van der Waals surface area contributed by atoms with Crippen molar-refractivity contribution in [1.29, 1.82) is 0 Å². The Kier molecular flexibility index (Phi) is 2.78. The molecule has 2 heterocycles. The van der Waals surface area contributed by atoms with Crippen LogP contribution in [0.25, 0.3) is 0 Å². The summed E-state index contributed by atoms with van der Waals surface area (Å²) in [6.07, 6.45) is -3.38. The summed E-state index contributed by atoms with van der Waals surface area (Å²) in [5.41, 5.74) is 0.480. The molecule has 0 radical (unpaired) electrons. The summed E-state index contributed by atoms with van der Waals surface area (Å²) in [5.74, 6) is -0.127. The van der Waals surface area contributed by atoms with E-state index in [1.807, 2.05) is 0 Å². The number of nitrogens with zero attached hydrogens (tertiary/aromatic N) is 1. The number of fused-ring (bicyclic) bond motifs is 1. The highest BCUT2D eigenvalue weighted by molar-refractivity contribution is 6.22. The molecule has 7 heteroatoms. The minimum Gasteiger partial charge on any atom is -0.395 e. The molecule has 1 fully saturated rings. The fourth-order valence-corrected chi connectivity index (χ4v) is 2.53. The number of ether oxygens (including phenoxy) is 2. The van der Waals surface area contributed by atoms with Crippen LogP contribution in [0.4, 0.5) is 8.78 Å². The van der Waals surface area contributed by atoms with Gasteiger partial charge >= 0.3 is 6.29 Å². The average molecular weight is 290 g/mol. The van der Waals surface area contributed by atoms with Gasteiger partial charge in [0.25, 0.3) is 0 Å². The third-order valence-electron chi connectivity index (χ3n) is 3.04. The summed E-state index contributed by atoms with van der Waals surface area (Å²) in [4.78, 5) is 13.2. The molecule has 1 saturated heterocycles. The molecule has 0 aromatic heterocycles. The van der Waals surface area contributed by atoms with E-state index < -0.39 is 6.29 Å². The molecule has 1 aromatic carbocycles. The third kappa shape index (κ3) is 2.32. The van der Waals surface area contributed by atoms with Gasteiger partial charge in [-0.15, -0.1) is 20.4 Å². The van der Waals surface area contributed by atoms with E-state index in [0.29, 0.717) is 12.1 Å². The molecule has 19 heavy (non-hydrogen) atoms. The Morgan fingerprint density at radius 2 is 2.21 bits per heavy atom. The smallest absolute Gasteiger partial charge is 0.395 e. The number of carbonyl (C=O) groups excluding carboxylic acids is 1. The lowest BCUT2D eigenvalue weighted by Gasteiger charge is -2.16. The molecule has 0 spiro atoms. The molecule has 1 amide bonds. The lowest BCUT2D eigenvalue weighted by Crippen LogP contribution is -2.27. The summed E-state index contributed by atoms with van der Waals surface area (Å²) in [5, 5.41) is -0.233. The molecule has 1 aromatic rings. The van der Waals surface area contributed by atoms with E-state index in [1.165, 1.54) is 11.0 Å². The minimum absolute atomic E-state index is 0.0154. The Balaban J connectivity index is 1.84. The van der Waals surface area contributed by atoms with Gasteiger partial charge in [0.05, 0.1) is 5.38 Å². The van der Waals surface area contributed by atoms with E-state index in [9.17, 15) is 13.6 Å². The number of hydrogen-bond acceptors (Lipinski definition) is 3. The van der Waals surface area contributed by atoms with Crippen LogP contribution >= 0.6 is 11.6 Å². The van der Waals surface area contributed by atoms with Crippen LogP contribution in [0.5, 0.6) is 11.5 Å². The van der Waals surface area contributed by atoms with Gasteiger partial charge in [0.15, 0.2) is 11.5 Å². The monoisotopic (exact) mass is 289 g/mol. The first-order valence-corrected chi connectivity index (χ1v) is 6.18. The molecule has 1 unspecified atom stereocenters. The van der Waals surface area contributed by atoms with Crippen molar-refractivity contribution in [3.05, 3.63) is 23.8 Å². The van der Waals surface area contributed by atoms with Crippen LogP contribution in [0.2, 0.25) is 0 Å². The van der Waals surface area contributed by atoms with Crippen LogP contribution in [0.3, 0.4) is 0 Å². The quantitative estimate of drug-likeness (QED) is 0.785. The second-order valence-electron chi connectivity index (χ2n) is 4.49. The number of alkyl halides is 3. The van der Waals surface area contributed by atoms with Crippen molar-refractivity contribution in [3.8, 4) is 11.5 Å². The number of benzene rings is 1. The van der Waals surface area contributed by atoms with Crippen LogP contribution in [-0.2, 0) is 11.3 Å². The van der Waals surface area contributed by atoms with Crippen LogP contribution < -0.4 is 9.47 Å². The average Bonchev–Trinajstić information content (AvgIpc) is 2.78. The van der Waals surface area contributed by atoms with E-state index >= 15 is 0 Å². The Morgan fingerprint density at radius 3 is 2.89 bits per heavy atom. The van der Waals surface area contributed by atoms with E-state index in [-0.39, 0.29) is 35.7 Å². The summed E-state index contributed by atoms with van der Waals surface area (Å²) < 4.78 is 34.9. The van der Waals surface area contributed by atoms with Gasteiger partial charge in [-0.1, -0.05) is 12.1 Å². The number of rotatable bonds is 2. The van der Waals surface area contributed by atoms with Gasteiger partial charge in [-0.25, -0.2) is 0 Å². The second kappa shape index (κ2) is 4.23. The highest BCUT2D eigenvalue weighted by Crippen LogP contribution is 2.43. The zero-order chi connectivity index (χ0) is 13.6. The maximum Gasteiger partial charge on any atom is 0.586 e. The van der Waals surface area contributed by atoms with Gasteiger partial charge in [-0.05, 0) is 6.07 Å². The molecule has 1 atom stereocenters. The molecule has 3 rings (SSSR count). The second-order valence-corrected chi connectivity index (χ2v) is 5.10. The number of amides is 1. The fraction of sp³-hybridized carbons (Fsp3) is 0.417. The highest BCUT2D eigenvalue weighted by atomic mass is 35.5. The molecule has 0 bridgehead atoms. The molecule has 0 N–H and O–H groups in total. The first kappa shape index (κ1) is 12.5. The van der Waals surface area contributed by atoms with Crippen molar-refractivity contribution in [3.63, 3.8) is 0 Å². The van der Waals surface area contributed by atoms with E-state index in [1.54, 1.807) is 12.1 Å². The summed E-state index contributed by atoms with van der Waals surface area (Å²) in [7, 11) is 0. The maximum absolute atomic E-state index is 13.0. The first-order valence-electron chi connectivity index (χ1n) is 5.74. The van der Waals surface area contributed by atoms with E-state index in [2.05, 4.69) is 9.47 Å². The predicted octanol–water partition coefficient (Wildman–Crippen LogP) is 2.35. The van der Waals surface area contributed by atoms with Crippen LogP contribution in [-0.4, -0.2) is 29.0 Å². The van der Waals surface area contributed by atoms with Crippen LogP contribution in [0.15, 0.2) is 18.2 Å². The molecule has 2 aliphatic rings. The summed E-state index contributed by atoms with van der Waals surface area (Å²) in [6.45, 7) is 0.589. The number of likely N-dealkylation sites (tertiary alicyclic amines) is 1. The molecular weight excluding hydrogens is 280 g/mol. The van der Waals surface area contributed by atoms with Crippen molar-refractivity contribution < 1.29 is 23.0 Å². The lowest BCUT2D eigenvalue weighted by atomic mass is 10.2. The zero-order valence-corrected chi connectivity index (χ0v) is 10.5. The Labute approximate surface area is 112 Å². The van der Waals surface area contributed by atoms with Crippen LogP contribution in [0, 0.1) is 0 Å². The Morgan fingerprint density at radius 1 is 1.42 bits per heavy atom. The van der Waals surface area contributed by atoms with Gasteiger partial charge in [-0.2, -0.15) is 0 Å². The van der Waals surface area contributed by atoms with E-state index in [0.717, 1.165) is 0 Å². The standard InChI is InChI=1S/C12H10ClF2NO3/c13-8-4-10(17)16(6-8)5-7-2-1-3-9-11(7)19-12(14,15)18-9/h1-3,8H,4-6H2. The molecule has 4 nitrogen and oxygen atoms in total. The zero-order valence-electron chi connectivity index (χ0n) is 9.74. The number of halogens is 3. The maximum atomic E-state index is 13.0. The number of hydrogen-bond donors (Lipinski definition) is 0. The first-order chi connectivity index (χ1) is 8.94. The lowest BCUT2D eigenvalue weighted by molar-refractivity contribution is -0.287. The summed E-state index contributed by atoms with van der Waals surface area (Å²) in [6, 6.07) is 4.60. The molecule has 102 valence electrons. The van der Waals surface area contributed by atoms with Gasteiger partial charge in [-0.3, -0.25) is 4.79 Å². The topological polar surface area (TPSA) is 38.8 Å². The van der Waals surface area contributed by atoms with Gasteiger partial charge in [0, 0.05) is 25.1 Å². The van der Waals surface area contributed by atoms with Crippen molar-refractivity contribution in [2.75, 3.05) is 6.54 Å². The van der Waals surface area contributed by atoms with Crippen molar-refractivity contribution >= 4 is 17.5 Å². The number of para-hydroxylation sites is 1. The van der Waals surface area contributed by atoms with Crippen molar-refractivity contribution in [2.24, 2.45) is 0 Å².